The van der Waals surface area contributed by atoms with E-state index >= 15 is 0 Å². The molecule has 0 aliphatic carbocycles. The Hall–Kier alpha value is -2.64. The number of furan rings is 1. The summed E-state index contributed by atoms with van der Waals surface area (Å²) in [7, 11) is 1.74. The molecule has 0 fully saturated rings. The van der Waals surface area contributed by atoms with E-state index in [9.17, 15) is 9.59 Å². The lowest BCUT2D eigenvalue weighted by Crippen LogP contribution is -2.42. The van der Waals surface area contributed by atoms with E-state index in [1.54, 1.807) is 36.4 Å². The van der Waals surface area contributed by atoms with Gasteiger partial charge in [0.1, 0.15) is 11.8 Å². The normalized spacial score (nSPS) is 16.4. The molecule has 3 rings (SSSR count). The second-order valence-electron chi connectivity index (χ2n) is 7.42. The van der Waals surface area contributed by atoms with Crippen molar-refractivity contribution in [2.75, 3.05) is 20.1 Å². The van der Waals surface area contributed by atoms with Crippen LogP contribution in [0, 0.1) is 0 Å². The lowest BCUT2D eigenvalue weighted by molar-refractivity contribution is -0.134. The number of halogens is 1. The van der Waals surface area contributed by atoms with Crippen molar-refractivity contribution < 1.29 is 14.0 Å². The van der Waals surface area contributed by atoms with Crippen LogP contribution in [0.5, 0.6) is 0 Å². The van der Waals surface area contributed by atoms with Crippen LogP contribution in [0.25, 0.3) is 0 Å². The summed E-state index contributed by atoms with van der Waals surface area (Å²) in [6.07, 6.45) is 2.12. The summed E-state index contributed by atoms with van der Waals surface area (Å²) in [6.45, 7) is 4.00. The SMILES string of the molecule is CC(C)NC(=O)CN(C)CC(=O)N1N=C(c2ccc(Cl)cc2)C[C@H]1c1ccco1. The van der Waals surface area contributed by atoms with Crippen molar-refractivity contribution in [2.45, 2.75) is 32.4 Å². The van der Waals surface area contributed by atoms with E-state index in [1.165, 1.54) is 5.01 Å². The third kappa shape index (κ3) is 5.46. The molecule has 1 atom stereocenters. The molecule has 0 saturated heterocycles. The lowest BCUT2D eigenvalue weighted by Gasteiger charge is -2.23. The Morgan fingerprint density at radius 2 is 2.00 bits per heavy atom. The number of amides is 2. The predicted octanol–water partition coefficient (Wildman–Crippen LogP) is 3.07. The fraction of sp³-hybridized carbons (Fsp3) is 0.381. The highest BCUT2D eigenvalue weighted by molar-refractivity contribution is 6.30. The molecule has 1 aromatic heterocycles. The molecule has 154 valence electrons. The Balaban J connectivity index is 1.74. The molecule has 1 aromatic carbocycles. The highest BCUT2D eigenvalue weighted by atomic mass is 35.5. The molecule has 0 unspecified atom stereocenters. The molecule has 8 heteroatoms. The third-order valence-electron chi connectivity index (χ3n) is 4.48. The van der Waals surface area contributed by atoms with Gasteiger partial charge in [0, 0.05) is 17.5 Å². The topological polar surface area (TPSA) is 78.2 Å². The van der Waals surface area contributed by atoms with Gasteiger partial charge >= 0.3 is 0 Å². The Morgan fingerprint density at radius 1 is 1.28 bits per heavy atom. The smallest absolute Gasteiger partial charge is 0.257 e. The summed E-state index contributed by atoms with van der Waals surface area (Å²) in [6, 6.07) is 10.7. The molecule has 2 amide bonds. The summed E-state index contributed by atoms with van der Waals surface area (Å²) in [5.74, 6) is 0.353. The van der Waals surface area contributed by atoms with Crippen molar-refractivity contribution in [3.63, 3.8) is 0 Å². The zero-order valence-corrected chi connectivity index (χ0v) is 17.5. The maximum Gasteiger partial charge on any atom is 0.257 e. The Kier molecular flexibility index (Phi) is 6.71. The van der Waals surface area contributed by atoms with Gasteiger partial charge in [0.25, 0.3) is 5.91 Å². The fourth-order valence-electron chi connectivity index (χ4n) is 3.23. The summed E-state index contributed by atoms with van der Waals surface area (Å²) in [5.41, 5.74) is 1.70. The van der Waals surface area contributed by atoms with Gasteiger partial charge in [-0.2, -0.15) is 5.10 Å². The van der Waals surface area contributed by atoms with Gasteiger partial charge in [-0.05, 0) is 50.7 Å². The van der Waals surface area contributed by atoms with Crippen LogP contribution in [-0.2, 0) is 9.59 Å². The number of hydrogen-bond acceptors (Lipinski definition) is 5. The number of carbonyl (C=O) groups excluding carboxylic acids is 2. The van der Waals surface area contributed by atoms with E-state index in [0.717, 1.165) is 11.3 Å². The Morgan fingerprint density at radius 3 is 2.62 bits per heavy atom. The summed E-state index contributed by atoms with van der Waals surface area (Å²) >= 11 is 5.98. The van der Waals surface area contributed by atoms with Gasteiger partial charge in [0.15, 0.2) is 0 Å². The molecule has 0 radical (unpaired) electrons. The van der Waals surface area contributed by atoms with Gasteiger partial charge in [-0.3, -0.25) is 14.5 Å². The van der Waals surface area contributed by atoms with Crippen LogP contribution in [0.2, 0.25) is 5.02 Å². The molecule has 0 spiro atoms. The second kappa shape index (κ2) is 9.24. The van der Waals surface area contributed by atoms with Crippen LogP contribution >= 0.6 is 11.6 Å². The highest BCUT2D eigenvalue weighted by Crippen LogP contribution is 2.33. The van der Waals surface area contributed by atoms with Gasteiger partial charge in [0.2, 0.25) is 5.91 Å². The molecule has 0 bridgehead atoms. The van der Waals surface area contributed by atoms with Crippen molar-refractivity contribution in [3.8, 4) is 0 Å². The zero-order chi connectivity index (χ0) is 21.0. The van der Waals surface area contributed by atoms with Crippen molar-refractivity contribution >= 4 is 29.1 Å². The van der Waals surface area contributed by atoms with Gasteiger partial charge in [-0.1, -0.05) is 23.7 Å². The van der Waals surface area contributed by atoms with E-state index in [0.29, 0.717) is 17.2 Å². The second-order valence-corrected chi connectivity index (χ2v) is 7.86. The van der Waals surface area contributed by atoms with E-state index in [4.69, 9.17) is 16.0 Å². The van der Waals surface area contributed by atoms with Gasteiger partial charge in [-0.25, -0.2) is 5.01 Å². The average molecular weight is 417 g/mol. The number of hydrazone groups is 1. The third-order valence-corrected chi connectivity index (χ3v) is 4.74. The van der Waals surface area contributed by atoms with E-state index < -0.39 is 0 Å². The number of likely N-dealkylation sites (N-methyl/N-ethyl adjacent to an activating group) is 1. The molecule has 29 heavy (non-hydrogen) atoms. The number of nitrogens with one attached hydrogen (secondary N) is 1. The molecule has 2 heterocycles. The number of nitrogens with zero attached hydrogens (tertiary/aromatic N) is 3. The molecular weight excluding hydrogens is 392 g/mol. The van der Waals surface area contributed by atoms with Crippen LogP contribution < -0.4 is 5.32 Å². The van der Waals surface area contributed by atoms with E-state index in [2.05, 4.69) is 10.4 Å². The molecule has 1 aliphatic rings. The largest absolute Gasteiger partial charge is 0.467 e. The minimum absolute atomic E-state index is 0.0556. The van der Waals surface area contributed by atoms with Gasteiger partial charge < -0.3 is 9.73 Å². The fourth-order valence-corrected chi connectivity index (χ4v) is 3.36. The van der Waals surface area contributed by atoms with Crippen LogP contribution in [0.1, 0.15) is 37.6 Å². The maximum atomic E-state index is 13.0. The average Bonchev–Trinajstić information content (AvgIpc) is 3.31. The first kappa shape index (κ1) is 21.1. The molecule has 1 N–H and O–H groups in total. The van der Waals surface area contributed by atoms with E-state index in [1.807, 2.05) is 32.0 Å². The minimum Gasteiger partial charge on any atom is -0.467 e. The van der Waals surface area contributed by atoms with Crippen molar-refractivity contribution in [2.24, 2.45) is 5.10 Å². The van der Waals surface area contributed by atoms with Gasteiger partial charge in [-0.15, -0.1) is 0 Å². The monoisotopic (exact) mass is 416 g/mol. The van der Waals surface area contributed by atoms with Crippen molar-refractivity contribution in [1.29, 1.82) is 0 Å². The molecule has 1 aliphatic heterocycles. The number of rotatable bonds is 7. The highest BCUT2D eigenvalue weighted by Gasteiger charge is 2.35. The van der Waals surface area contributed by atoms with Crippen LogP contribution in [0.15, 0.2) is 52.2 Å². The number of carbonyl (C=O) groups is 2. The summed E-state index contributed by atoms with van der Waals surface area (Å²) < 4.78 is 5.55. The Bertz CT molecular complexity index is 878. The molecule has 2 aromatic rings. The number of benzene rings is 1. The first-order valence-electron chi connectivity index (χ1n) is 9.50. The zero-order valence-electron chi connectivity index (χ0n) is 16.8. The predicted molar refractivity (Wildman–Crippen MR) is 112 cm³/mol. The van der Waals surface area contributed by atoms with Crippen molar-refractivity contribution in [3.05, 3.63) is 59.0 Å². The van der Waals surface area contributed by atoms with Crippen LogP contribution in [0.3, 0.4) is 0 Å². The first-order chi connectivity index (χ1) is 13.8. The Labute approximate surface area is 175 Å². The summed E-state index contributed by atoms with van der Waals surface area (Å²) in [5, 5.41) is 9.50. The minimum atomic E-state index is -0.318. The lowest BCUT2D eigenvalue weighted by atomic mass is 10.0. The standard InChI is InChI=1S/C21H25ClN4O3/c1-14(2)23-20(27)12-25(3)13-21(28)26-18(19-5-4-10-29-19)11-17(24-26)15-6-8-16(22)9-7-15/h4-10,14,18H,11-13H2,1-3H3,(H,23,27)/t18-/m0/s1. The quantitative estimate of drug-likeness (QED) is 0.752. The molecule has 7 nitrogen and oxygen atoms in total. The van der Waals surface area contributed by atoms with Crippen molar-refractivity contribution in [1.82, 2.24) is 15.2 Å². The maximum absolute atomic E-state index is 13.0. The van der Waals surface area contributed by atoms with E-state index in [-0.39, 0.29) is 37.0 Å². The molecule has 0 saturated carbocycles. The number of hydrogen-bond donors (Lipinski definition) is 1. The summed E-state index contributed by atoms with van der Waals surface area (Å²) in [4.78, 5) is 26.6. The molecular formula is C21H25ClN4O3. The first-order valence-corrected chi connectivity index (χ1v) is 9.88. The van der Waals surface area contributed by atoms with Gasteiger partial charge in [0.05, 0.1) is 25.1 Å². The van der Waals surface area contributed by atoms with Crippen LogP contribution in [-0.4, -0.2) is 53.6 Å². The van der Waals surface area contributed by atoms with Crippen LogP contribution in [0.4, 0.5) is 0 Å².